The molecular formula is C26H33FN2O5. The van der Waals surface area contributed by atoms with Crippen molar-refractivity contribution >= 4 is 17.8 Å². The average Bonchev–Trinajstić information content (AvgIpc) is 2.84. The molecule has 0 atom stereocenters. The minimum absolute atomic E-state index is 0.0810. The number of aliphatic carboxylic acids is 2. The molecule has 2 N–H and O–H groups in total. The molecule has 3 rings (SSSR count). The Hall–Kier alpha value is -3.26. The van der Waals surface area contributed by atoms with Crippen molar-refractivity contribution in [1.82, 2.24) is 9.80 Å². The summed E-state index contributed by atoms with van der Waals surface area (Å²) in [4.78, 5) is 35.7. The molecule has 1 heterocycles. The van der Waals surface area contributed by atoms with E-state index in [0.717, 1.165) is 50.9 Å². The fourth-order valence-corrected chi connectivity index (χ4v) is 3.88. The van der Waals surface area contributed by atoms with Crippen LogP contribution in [0.2, 0.25) is 0 Å². The van der Waals surface area contributed by atoms with Crippen LogP contribution in [0.5, 0.6) is 0 Å². The van der Waals surface area contributed by atoms with Gasteiger partial charge in [-0.2, -0.15) is 0 Å². The van der Waals surface area contributed by atoms with E-state index in [0.29, 0.717) is 13.1 Å². The number of halogens is 1. The monoisotopic (exact) mass is 472 g/mol. The normalized spacial score (nSPS) is 14.1. The Kier molecular flexibility index (Phi) is 11.2. The van der Waals surface area contributed by atoms with Crippen LogP contribution in [-0.4, -0.2) is 57.5 Å². The maximum atomic E-state index is 13.9. The molecule has 0 bridgehead atoms. The van der Waals surface area contributed by atoms with Crippen molar-refractivity contribution in [2.45, 2.75) is 45.7 Å². The minimum atomic E-state index is -1.82. The first-order valence-electron chi connectivity index (χ1n) is 11.6. The van der Waals surface area contributed by atoms with E-state index in [9.17, 15) is 9.18 Å². The van der Waals surface area contributed by atoms with Crippen LogP contribution in [0.1, 0.15) is 43.7 Å². The van der Waals surface area contributed by atoms with Gasteiger partial charge in [0.2, 0.25) is 5.91 Å². The van der Waals surface area contributed by atoms with Crippen LogP contribution in [-0.2, 0) is 27.5 Å². The lowest BCUT2D eigenvalue weighted by atomic mass is 9.94. The quantitative estimate of drug-likeness (QED) is 0.563. The van der Waals surface area contributed by atoms with Gasteiger partial charge in [0.05, 0.1) is 0 Å². The van der Waals surface area contributed by atoms with Gasteiger partial charge in [0, 0.05) is 31.1 Å². The van der Waals surface area contributed by atoms with Crippen LogP contribution in [0, 0.1) is 11.7 Å². The van der Waals surface area contributed by atoms with Crippen molar-refractivity contribution in [3.8, 4) is 0 Å². The molecule has 0 spiro atoms. The number of benzene rings is 2. The topological polar surface area (TPSA) is 98.2 Å². The molecule has 0 aliphatic carbocycles. The summed E-state index contributed by atoms with van der Waals surface area (Å²) in [5, 5.41) is 14.8. The zero-order valence-electron chi connectivity index (χ0n) is 19.5. The second-order valence-electron chi connectivity index (χ2n) is 8.35. The molecular weight excluding hydrogens is 439 g/mol. The predicted molar refractivity (Wildman–Crippen MR) is 126 cm³/mol. The standard InChI is InChI=1S/C24H31FN2O.C2H2O4/c1-2-3-15-27(18-20-9-5-4-6-10-20)24(28)21-13-16-26(17-14-21)19-22-11-7-8-12-23(22)25;3-1(4)2(5)6/h4-12,21H,2-3,13-19H2,1H3;(H,3,4)(H,5,6). The molecule has 1 aliphatic rings. The van der Waals surface area contributed by atoms with E-state index in [2.05, 4.69) is 24.0 Å². The van der Waals surface area contributed by atoms with Gasteiger partial charge < -0.3 is 15.1 Å². The van der Waals surface area contributed by atoms with Gasteiger partial charge in [0.1, 0.15) is 5.82 Å². The first-order chi connectivity index (χ1) is 16.3. The summed E-state index contributed by atoms with van der Waals surface area (Å²) in [5.41, 5.74) is 1.92. The third-order valence-corrected chi connectivity index (χ3v) is 5.78. The van der Waals surface area contributed by atoms with Gasteiger partial charge in [-0.25, -0.2) is 14.0 Å². The zero-order valence-corrected chi connectivity index (χ0v) is 19.5. The van der Waals surface area contributed by atoms with Gasteiger partial charge >= 0.3 is 11.9 Å². The second kappa shape index (κ2) is 14.1. The van der Waals surface area contributed by atoms with E-state index in [1.165, 1.54) is 11.6 Å². The lowest BCUT2D eigenvalue weighted by Gasteiger charge is -2.34. The van der Waals surface area contributed by atoms with Crippen molar-refractivity contribution < 1.29 is 29.0 Å². The lowest BCUT2D eigenvalue weighted by molar-refractivity contribution is -0.159. The molecule has 1 aliphatic heterocycles. The summed E-state index contributed by atoms with van der Waals surface area (Å²) < 4.78 is 13.9. The number of hydrogen-bond donors (Lipinski definition) is 2. The van der Waals surface area contributed by atoms with Crippen LogP contribution < -0.4 is 0 Å². The predicted octanol–water partition coefficient (Wildman–Crippen LogP) is 4.02. The van der Waals surface area contributed by atoms with Crippen LogP contribution in [0.3, 0.4) is 0 Å². The zero-order chi connectivity index (χ0) is 24.9. The molecule has 0 aromatic heterocycles. The summed E-state index contributed by atoms with van der Waals surface area (Å²) in [6.45, 7) is 5.98. The molecule has 8 heteroatoms. The van der Waals surface area contributed by atoms with Gasteiger partial charge in [0.15, 0.2) is 0 Å². The van der Waals surface area contributed by atoms with E-state index in [4.69, 9.17) is 19.8 Å². The summed E-state index contributed by atoms with van der Waals surface area (Å²) >= 11 is 0. The van der Waals surface area contributed by atoms with E-state index in [-0.39, 0.29) is 17.6 Å². The Morgan fingerprint density at radius 2 is 1.56 bits per heavy atom. The Morgan fingerprint density at radius 3 is 2.12 bits per heavy atom. The number of amides is 1. The first kappa shape index (κ1) is 27.0. The van der Waals surface area contributed by atoms with E-state index >= 15 is 0 Å². The lowest BCUT2D eigenvalue weighted by Crippen LogP contribution is -2.42. The number of carboxylic acids is 2. The Balaban J connectivity index is 0.000000604. The second-order valence-corrected chi connectivity index (χ2v) is 8.35. The van der Waals surface area contributed by atoms with Crippen molar-refractivity contribution in [3.63, 3.8) is 0 Å². The van der Waals surface area contributed by atoms with Gasteiger partial charge in [-0.15, -0.1) is 0 Å². The van der Waals surface area contributed by atoms with E-state index in [1.807, 2.05) is 35.2 Å². The molecule has 2 aromatic rings. The third kappa shape index (κ3) is 8.94. The molecule has 34 heavy (non-hydrogen) atoms. The number of nitrogens with zero attached hydrogens (tertiary/aromatic N) is 2. The number of piperidine rings is 1. The summed E-state index contributed by atoms with van der Waals surface area (Å²) in [6, 6.07) is 17.2. The highest BCUT2D eigenvalue weighted by atomic mass is 19.1. The number of likely N-dealkylation sites (tertiary alicyclic amines) is 1. The van der Waals surface area contributed by atoms with Crippen molar-refractivity contribution in [2.24, 2.45) is 5.92 Å². The summed E-state index contributed by atoms with van der Waals surface area (Å²) in [5.74, 6) is -3.43. The number of hydrogen-bond acceptors (Lipinski definition) is 4. The number of unbranched alkanes of at least 4 members (excludes halogenated alkanes) is 1. The first-order valence-corrected chi connectivity index (χ1v) is 11.6. The van der Waals surface area contributed by atoms with Gasteiger partial charge in [-0.3, -0.25) is 9.69 Å². The molecule has 184 valence electrons. The highest BCUT2D eigenvalue weighted by molar-refractivity contribution is 6.27. The van der Waals surface area contributed by atoms with Gasteiger partial charge in [-0.1, -0.05) is 61.9 Å². The third-order valence-electron chi connectivity index (χ3n) is 5.78. The molecule has 1 amide bonds. The van der Waals surface area contributed by atoms with Crippen LogP contribution >= 0.6 is 0 Å². The SMILES string of the molecule is CCCCN(Cc1ccccc1)C(=O)C1CCN(Cc2ccccc2F)CC1.O=C(O)C(=O)O. The maximum absolute atomic E-state index is 13.9. The molecule has 0 radical (unpaired) electrons. The highest BCUT2D eigenvalue weighted by Gasteiger charge is 2.28. The maximum Gasteiger partial charge on any atom is 0.414 e. The summed E-state index contributed by atoms with van der Waals surface area (Å²) in [6.07, 6.45) is 3.82. The van der Waals surface area contributed by atoms with Crippen molar-refractivity contribution in [1.29, 1.82) is 0 Å². The highest BCUT2D eigenvalue weighted by Crippen LogP contribution is 2.23. The van der Waals surface area contributed by atoms with Crippen molar-refractivity contribution in [3.05, 3.63) is 71.5 Å². The van der Waals surface area contributed by atoms with Gasteiger partial charge in [0.25, 0.3) is 0 Å². The minimum Gasteiger partial charge on any atom is -0.473 e. The van der Waals surface area contributed by atoms with Crippen molar-refractivity contribution in [2.75, 3.05) is 19.6 Å². The molecule has 1 saturated heterocycles. The number of carbonyl (C=O) groups is 3. The molecule has 7 nitrogen and oxygen atoms in total. The van der Waals surface area contributed by atoms with Crippen LogP contribution in [0.15, 0.2) is 54.6 Å². The number of carboxylic acid groups (broad SMARTS) is 2. The largest absolute Gasteiger partial charge is 0.473 e. The Bertz CT molecular complexity index is 918. The molecule has 1 fully saturated rings. The number of carbonyl (C=O) groups excluding carboxylic acids is 1. The van der Waals surface area contributed by atoms with E-state index in [1.54, 1.807) is 6.07 Å². The summed E-state index contributed by atoms with van der Waals surface area (Å²) in [7, 11) is 0. The van der Waals surface area contributed by atoms with Gasteiger partial charge in [-0.05, 0) is 44.0 Å². The van der Waals surface area contributed by atoms with Crippen LogP contribution in [0.25, 0.3) is 0 Å². The Morgan fingerprint density at radius 1 is 0.971 bits per heavy atom. The molecule has 2 aromatic carbocycles. The van der Waals surface area contributed by atoms with E-state index < -0.39 is 11.9 Å². The van der Waals surface area contributed by atoms with Crippen LogP contribution in [0.4, 0.5) is 4.39 Å². The number of rotatable bonds is 8. The molecule has 0 saturated carbocycles. The average molecular weight is 473 g/mol. The smallest absolute Gasteiger partial charge is 0.414 e. The fourth-order valence-electron chi connectivity index (χ4n) is 3.88. The fraction of sp³-hybridized carbons (Fsp3) is 0.423. The molecule has 0 unspecified atom stereocenters. The Labute approximate surface area is 199 Å².